The van der Waals surface area contributed by atoms with Gasteiger partial charge in [-0.25, -0.2) is 8.78 Å². The molecule has 164 valence electrons. The number of amides is 1. The van der Waals surface area contributed by atoms with Gasteiger partial charge in [0.1, 0.15) is 17.4 Å². The number of ether oxygens (including phenoxy) is 1. The number of nitrogens with zero attached hydrogens (tertiary/aromatic N) is 2. The van der Waals surface area contributed by atoms with E-state index in [-0.39, 0.29) is 30.6 Å². The van der Waals surface area contributed by atoms with E-state index in [1.807, 2.05) is 0 Å². The van der Waals surface area contributed by atoms with Crippen LogP contribution in [0.4, 0.5) is 8.78 Å². The summed E-state index contributed by atoms with van der Waals surface area (Å²) in [5, 5.41) is 4.05. The van der Waals surface area contributed by atoms with E-state index in [9.17, 15) is 13.6 Å². The summed E-state index contributed by atoms with van der Waals surface area (Å²) in [6, 6.07) is 19.2. The minimum atomic E-state index is -0.424. The Morgan fingerprint density at radius 3 is 2.47 bits per heavy atom. The summed E-state index contributed by atoms with van der Waals surface area (Å²) in [6.45, 7) is 0.504. The molecule has 3 aromatic carbocycles. The van der Waals surface area contributed by atoms with E-state index >= 15 is 0 Å². The van der Waals surface area contributed by atoms with Gasteiger partial charge in [0.25, 0.3) is 5.91 Å². The summed E-state index contributed by atoms with van der Waals surface area (Å²) in [7, 11) is 1.56. The zero-order chi connectivity index (χ0) is 22.5. The lowest BCUT2D eigenvalue weighted by atomic mass is 10.0. The highest BCUT2D eigenvalue weighted by atomic mass is 19.1. The first-order valence-electron chi connectivity index (χ1n) is 10.2. The number of halogens is 2. The summed E-state index contributed by atoms with van der Waals surface area (Å²) in [5.74, 6) is -0.273. The van der Waals surface area contributed by atoms with E-state index in [4.69, 9.17) is 9.57 Å². The van der Waals surface area contributed by atoms with Crippen LogP contribution in [0.2, 0.25) is 0 Å². The van der Waals surface area contributed by atoms with Crippen LogP contribution in [0.3, 0.4) is 0 Å². The molecule has 4 rings (SSSR count). The van der Waals surface area contributed by atoms with Crippen molar-refractivity contribution in [3.05, 3.63) is 101 Å². The Bertz CT molecular complexity index is 1110. The van der Waals surface area contributed by atoms with Crippen molar-refractivity contribution < 1.29 is 23.1 Å². The average Bonchev–Trinajstić information content (AvgIpc) is 3.28. The number of oxime groups is 1. The van der Waals surface area contributed by atoms with Crippen molar-refractivity contribution in [2.45, 2.75) is 19.1 Å². The Kier molecular flexibility index (Phi) is 6.44. The van der Waals surface area contributed by atoms with Crippen LogP contribution in [0, 0.1) is 11.6 Å². The van der Waals surface area contributed by atoms with Crippen LogP contribution in [0.25, 0.3) is 0 Å². The molecule has 5 nitrogen and oxygen atoms in total. The molecule has 0 spiro atoms. The van der Waals surface area contributed by atoms with Crippen molar-refractivity contribution in [1.29, 1.82) is 0 Å². The van der Waals surface area contributed by atoms with Gasteiger partial charge in [-0.3, -0.25) is 4.79 Å². The Balaban J connectivity index is 1.52. The quantitative estimate of drug-likeness (QED) is 0.534. The van der Waals surface area contributed by atoms with Crippen LogP contribution in [0.1, 0.15) is 27.9 Å². The summed E-state index contributed by atoms with van der Waals surface area (Å²) in [6.07, 6.45) is -0.0521. The van der Waals surface area contributed by atoms with Crippen molar-refractivity contribution in [2.24, 2.45) is 5.16 Å². The molecule has 32 heavy (non-hydrogen) atoms. The number of rotatable bonds is 7. The third kappa shape index (κ3) is 4.94. The van der Waals surface area contributed by atoms with Gasteiger partial charge in [-0.2, -0.15) is 0 Å². The molecule has 1 amide bonds. The second-order valence-corrected chi connectivity index (χ2v) is 7.49. The maximum absolute atomic E-state index is 14.1. The van der Waals surface area contributed by atoms with Crippen LogP contribution in [0.5, 0.6) is 5.75 Å². The summed E-state index contributed by atoms with van der Waals surface area (Å²) < 4.78 is 32.6. The van der Waals surface area contributed by atoms with Crippen molar-refractivity contribution in [2.75, 3.05) is 13.7 Å². The molecular formula is C25H22F2N2O3. The van der Waals surface area contributed by atoms with Crippen LogP contribution < -0.4 is 4.74 Å². The second kappa shape index (κ2) is 9.60. The molecule has 0 fully saturated rings. The Morgan fingerprint density at radius 2 is 1.78 bits per heavy atom. The predicted molar refractivity (Wildman–Crippen MR) is 117 cm³/mol. The predicted octanol–water partition coefficient (Wildman–Crippen LogP) is 4.81. The lowest BCUT2D eigenvalue weighted by Gasteiger charge is -2.25. The molecule has 0 N–H and O–H groups in total. The molecular weight excluding hydrogens is 414 g/mol. The standard InChI is InChI=1S/C25H22F2N2O3/c1-31-20-12-8-18(9-13-20)25(30)29(15-17-6-10-19(26)11-7-17)16-21-14-24(28-32-21)22-4-2-3-5-23(22)27/h2-13,21H,14-16H2,1H3. The minimum absolute atomic E-state index is 0.208. The fraction of sp³-hybridized carbons (Fsp3) is 0.200. The van der Waals surface area contributed by atoms with Gasteiger partial charge in [0.2, 0.25) is 0 Å². The molecule has 0 aromatic heterocycles. The number of carbonyl (C=O) groups is 1. The molecule has 0 aliphatic carbocycles. The van der Waals surface area contributed by atoms with Gasteiger partial charge >= 0.3 is 0 Å². The molecule has 1 unspecified atom stereocenters. The van der Waals surface area contributed by atoms with E-state index in [1.165, 1.54) is 18.2 Å². The van der Waals surface area contributed by atoms with E-state index in [2.05, 4.69) is 5.16 Å². The van der Waals surface area contributed by atoms with Crippen LogP contribution in [-0.4, -0.2) is 36.3 Å². The van der Waals surface area contributed by atoms with E-state index in [0.717, 1.165) is 5.56 Å². The maximum Gasteiger partial charge on any atom is 0.254 e. The molecule has 0 bridgehead atoms. The highest BCUT2D eigenvalue weighted by molar-refractivity contribution is 6.01. The Morgan fingerprint density at radius 1 is 1.06 bits per heavy atom. The first kappa shape index (κ1) is 21.5. The molecule has 3 aromatic rings. The first-order valence-corrected chi connectivity index (χ1v) is 10.2. The summed E-state index contributed by atoms with van der Waals surface area (Å²) in [5.41, 5.74) is 2.16. The van der Waals surface area contributed by atoms with Gasteiger partial charge in [0.15, 0.2) is 6.10 Å². The molecule has 0 saturated carbocycles. The highest BCUT2D eigenvalue weighted by Crippen LogP contribution is 2.22. The molecule has 7 heteroatoms. The minimum Gasteiger partial charge on any atom is -0.497 e. The van der Waals surface area contributed by atoms with Gasteiger partial charge in [-0.1, -0.05) is 35.5 Å². The van der Waals surface area contributed by atoms with Crippen molar-refractivity contribution in [3.63, 3.8) is 0 Å². The SMILES string of the molecule is COc1ccc(C(=O)N(Cc2ccc(F)cc2)CC2CC(c3ccccc3F)=NO2)cc1. The number of hydrogen-bond donors (Lipinski definition) is 0. The lowest BCUT2D eigenvalue weighted by molar-refractivity contribution is 0.0405. The van der Waals surface area contributed by atoms with Crippen molar-refractivity contribution in [3.8, 4) is 5.75 Å². The molecule has 1 heterocycles. The molecule has 1 aliphatic heterocycles. The van der Waals surface area contributed by atoms with E-state index in [0.29, 0.717) is 29.0 Å². The largest absolute Gasteiger partial charge is 0.497 e. The zero-order valence-electron chi connectivity index (χ0n) is 17.5. The van der Waals surface area contributed by atoms with Crippen LogP contribution in [-0.2, 0) is 11.4 Å². The monoisotopic (exact) mass is 436 g/mol. The number of hydrogen-bond acceptors (Lipinski definition) is 4. The first-order chi connectivity index (χ1) is 15.5. The van der Waals surface area contributed by atoms with Gasteiger partial charge < -0.3 is 14.5 Å². The van der Waals surface area contributed by atoms with E-state index < -0.39 is 6.10 Å². The molecule has 1 atom stereocenters. The number of benzene rings is 3. The Hall–Kier alpha value is -3.74. The van der Waals surface area contributed by atoms with Gasteiger partial charge in [0, 0.05) is 24.1 Å². The van der Waals surface area contributed by atoms with Crippen molar-refractivity contribution >= 4 is 11.6 Å². The smallest absolute Gasteiger partial charge is 0.254 e. The fourth-order valence-corrected chi connectivity index (χ4v) is 3.57. The van der Waals surface area contributed by atoms with Crippen molar-refractivity contribution in [1.82, 2.24) is 4.90 Å². The molecule has 0 saturated heterocycles. The van der Waals surface area contributed by atoms with Crippen LogP contribution >= 0.6 is 0 Å². The third-order valence-electron chi connectivity index (χ3n) is 5.25. The van der Waals surface area contributed by atoms with E-state index in [1.54, 1.807) is 66.6 Å². The lowest BCUT2D eigenvalue weighted by Crippen LogP contribution is -2.37. The Labute approximate surface area is 184 Å². The fourth-order valence-electron chi connectivity index (χ4n) is 3.57. The summed E-state index contributed by atoms with van der Waals surface area (Å²) >= 11 is 0. The summed E-state index contributed by atoms with van der Waals surface area (Å²) in [4.78, 5) is 20.4. The maximum atomic E-state index is 14.1. The van der Waals surface area contributed by atoms with Gasteiger partial charge in [0.05, 0.1) is 19.4 Å². The normalized spacial score (nSPS) is 15.1. The number of carbonyl (C=O) groups excluding carboxylic acids is 1. The average molecular weight is 436 g/mol. The zero-order valence-corrected chi connectivity index (χ0v) is 17.5. The molecule has 0 radical (unpaired) electrons. The topological polar surface area (TPSA) is 51.1 Å². The second-order valence-electron chi connectivity index (χ2n) is 7.49. The third-order valence-corrected chi connectivity index (χ3v) is 5.25. The highest BCUT2D eigenvalue weighted by Gasteiger charge is 2.28. The van der Waals surface area contributed by atoms with Gasteiger partial charge in [-0.15, -0.1) is 0 Å². The van der Waals surface area contributed by atoms with Gasteiger partial charge in [-0.05, 0) is 48.0 Å². The number of methoxy groups -OCH3 is 1. The molecule has 1 aliphatic rings. The van der Waals surface area contributed by atoms with Crippen LogP contribution in [0.15, 0.2) is 78.0 Å².